The van der Waals surface area contributed by atoms with Gasteiger partial charge in [-0.2, -0.15) is 4.98 Å². The van der Waals surface area contributed by atoms with Gasteiger partial charge in [-0.25, -0.2) is 0 Å². The van der Waals surface area contributed by atoms with E-state index >= 15 is 0 Å². The second-order valence-electron chi connectivity index (χ2n) is 4.55. The molecule has 2 heterocycles. The van der Waals surface area contributed by atoms with Crippen LogP contribution in [0.25, 0.3) is 0 Å². The zero-order valence-corrected chi connectivity index (χ0v) is 10.1. The number of nitrogens with one attached hydrogen (secondary N) is 1. The first-order valence-corrected chi connectivity index (χ1v) is 5.89. The van der Waals surface area contributed by atoms with Crippen LogP contribution >= 0.6 is 0 Å². The van der Waals surface area contributed by atoms with Crippen LogP contribution in [0.1, 0.15) is 12.5 Å². The molecule has 0 bridgehead atoms. The lowest BCUT2D eigenvalue weighted by Crippen LogP contribution is -2.28. The summed E-state index contributed by atoms with van der Waals surface area (Å²) in [6, 6.07) is 9.67. The predicted molar refractivity (Wildman–Crippen MR) is 71.0 cm³/mol. The quantitative estimate of drug-likeness (QED) is 0.793. The molecule has 1 aliphatic heterocycles. The van der Waals surface area contributed by atoms with E-state index in [1.807, 2.05) is 23.1 Å². The van der Waals surface area contributed by atoms with Gasteiger partial charge in [-0.3, -0.25) is 9.78 Å². The normalized spacial score (nSPS) is 17.8. The molecule has 18 heavy (non-hydrogen) atoms. The molecule has 1 aliphatic rings. The fourth-order valence-corrected chi connectivity index (χ4v) is 2.47. The Hall–Kier alpha value is -2.30. The molecule has 92 valence electrons. The van der Waals surface area contributed by atoms with E-state index in [1.54, 1.807) is 0 Å². The first kappa shape index (κ1) is 10.8. The maximum atomic E-state index is 11.5. The van der Waals surface area contributed by atoms with E-state index in [0.717, 1.165) is 12.1 Å². The number of aromatic nitrogens is 2. The van der Waals surface area contributed by atoms with E-state index < -0.39 is 0 Å². The van der Waals surface area contributed by atoms with Crippen molar-refractivity contribution in [2.75, 3.05) is 10.6 Å². The second-order valence-corrected chi connectivity index (χ2v) is 4.55. The summed E-state index contributed by atoms with van der Waals surface area (Å²) in [6.07, 6.45) is 0.939. The van der Waals surface area contributed by atoms with Gasteiger partial charge in [0.25, 0.3) is 5.56 Å². The van der Waals surface area contributed by atoms with Gasteiger partial charge in [0.1, 0.15) is 5.82 Å². The molecule has 3 rings (SSSR count). The Balaban J connectivity index is 2.14. The van der Waals surface area contributed by atoms with Crippen LogP contribution in [0.5, 0.6) is 0 Å². The minimum atomic E-state index is -0.228. The van der Waals surface area contributed by atoms with Gasteiger partial charge < -0.3 is 10.6 Å². The van der Waals surface area contributed by atoms with Crippen LogP contribution in [0.3, 0.4) is 0 Å². The number of para-hydroxylation sites is 1. The van der Waals surface area contributed by atoms with Crippen molar-refractivity contribution in [2.24, 2.45) is 0 Å². The summed E-state index contributed by atoms with van der Waals surface area (Å²) in [5.41, 5.74) is 7.75. The minimum Gasteiger partial charge on any atom is -0.383 e. The highest BCUT2D eigenvalue weighted by atomic mass is 16.1. The van der Waals surface area contributed by atoms with E-state index in [-0.39, 0.29) is 17.4 Å². The molecule has 0 radical (unpaired) electrons. The molecular formula is C13H14N4O. The number of nitrogens with zero attached hydrogens (tertiary/aromatic N) is 2. The molecular weight excluding hydrogens is 228 g/mol. The van der Waals surface area contributed by atoms with E-state index in [1.165, 1.54) is 11.6 Å². The van der Waals surface area contributed by atoms with Crippen molar-refractivity contribution in [2.45, 2.75) is 19.4 Å². The van der Waals surface area contributed by atoms with Gasteiger partial charge in [0, 0.05) is 17.8 Å². The van der Waals surface area contributed by atoms with Crippen LogP contribution in [0, 0.1) is 0 Å². The van der Waals surface area contributed by atoms with Crippen molar-refractivity contribution in [3.05, 3.63) is 46.2 Å². The Morgan fingerprint density at radius 2 is 2.22 bits per heavy atom. The summed E-state index contributed by atoms with van der Waals surface area (Å²) >= 11 is 0. The lowest BCUT2D eigenvalue weighted by Gasteiger charge is -2.23. The Morgan fingerprint density at radius 3 is 3.00 bits per heavy atom. The van der Waals surface area contributed by atoms with Gasteiger partial charge in [0.05, 0.1) is 0 Å². The number of anilines is 3. The SMILES string of the molecule is CC1Cc2ccccc2N1c1nc(N)cc(=O)[nH]1. The fourth-order valence-electron chi connectivity index (χ4n) is 2.47. The average Bonchev–Trinajstić information content (AvgIpc) is 2.63. The molecule has 5 nitrogen and oxygen atoms in total. The summed E-state index contributed by atoms with van der Waals surface area (Å²) in [4.78, 5) is 20.5. The Kier molecular flexibility index (Phi) is 2.33. The summed E-state index contributed by atoms with van der Waals surface area (Å²) in [5.74, 6) is 0.753. The molecule has 1 aromatic carbocycles. The maximum Gasteiger partial charge on any atom is 0.254 e. The Labute approximate surface area is 104 Å². The average molecular weight is 242 g/mol. The topological polar surface area (TPSA) is 75.0 Å². The fraction of sp³-hybridized carbons (Fsp3) is 0.231. The zero-order valence-electron chi connectivity index (χ0n) is 10.1. The van der Waals surface area contributed by atoms with Gasteiger partial charge in [-0.15, -0.1) is 0 Å². The van der Waals surface area contributed by atoms with Crippen LogP contribution in [0.2, 0.25) is 0 Å². The van der Waals surface area contributed by atoms with Crippen LogP contribution in [0.4, 0.5) is 17.5 Å². The van der Waals surface area contributed by atoms with Gasteiger partial charge in [0.15, 0.2) is 0 Å². The Morgan fingerprint density at radius 1 is 1.44 bits per heavy atom. The van der Waals surface area contributed by atoms with E-state index in [0.29, 0.717) is 5.95 Å². The molecule has 1 atom stereocenters. The zero-order chi connectivity index (χ0) is 12.7. The first-order valence-electron chi connectivity index (χ1n) is 5.89. The molecule has 2 aromatic rings. The molecule has 1 unspecified atom stereocenters. The van der Waals surface area contributed by atoms with Gasteiger partial charge in [-0.05, 0) is 25.0 Å². The van der Waals surface area contributed by atoms with Crippen molar-refractivity contribution in [3.63, 3.8) is 0 Å². The number of rotatable bonds is 1. The molecule has 5 heteroatoms. The van der Waals surface area contributed by atoms with E-state index in [9.17, 15) is 4.79 Å². The van der Waals surface area contributed by atoms with Gasteiger partial charge in [-0.1, -0.05) is 18.2 Å². The van der Waals surface area contributed by atoms with Crippen molar-refractivity contribution in [1.82, 2.24) is 9.97 Å². The number of nitrogen functional groups attached to an aromatic ring is 1. The summed E-state index contributed by atoms with van der Waals surface area (Å²) in [5, 5.41) is 0. The standard InChI is InChI=1S/C13H14N4O/c1-8-6-9-4-2-3-5-10(9)17(8)13-15-11(14)7-12(18)16-13/h2-5,7-8H,6H2,1H3,(H3,14,15,16,18). The molecule has 0 saturated heterocycles. The molecule has 0 spiro atoms. The van der Waals surface area contributed by atoms with Crippen molar-refractivity contribution < 1.29 is 0 Å². The number of hydrogen-bond donors (Lipinski definition) is 2. The summed E-state index contributed by atoms with van der Waals surface area (Å²) < 4.78 is 0. The third-order valence-electron chi connectivity index (χ3n) is 3.18. The van der Waals surface area contributed by atoms with Crippen LogP contribution in [-0.2, 0) is 6.42 Å². The molecule has 0 fully saturated rings. The third-order valence-corrected chi connectivity index (χ3v) is 3.18. The molecule has 0 saturated carbocycles. The molecule has 1 aromatic heterocycles. The highest BCUT2D eigenvalue weighted by Crippen LogP contribution is 2.35. The summed E-state index contributed by atoms with van der Waals surface area (Å²) in [7, 11) is 0. The predicted octanol–water partition coefficient (Wildman–Crippen LogP) is 1.43. The van der Waals surface area contributed by atoms with Crippen LogP contribution in [-0.4, -0.2) is 16.0 Å². The number of aromatic amines is 1. The number of fused-ring (bicyclic) bond motifs is 1. The minimum absolute atomic E-state index is 0.228. The maximum absolute atomic E-state index is 11.5. The van der Waals surface area contributed by atoms with Crippen molar-refractivity contribution in [1.29, 1.82) is 0 Å². The molecule has 0 amide bonds. The summed E-state index contributed by atoms with van der Waals surface area (Å²) in [6.45, 7) is 2.10. The number of H-pyrrole nitrogens is 1. The van der Waals surface area contributed by atoms with Gasteiger partial charge >= 0.3 is 0 Å². The van der Waals surface area contributed by atoms with E-state index in [2.05, 4.69) is 23.0 Å². The highest BCUT2D eigenvalue weighted by molar-refractivity contribution is 5.67. The van der Waals surface area contributed by atoms with Crippen LogP contribution < -0.4 is 16.2 Å². The smallest absolute Gasteiger partial charge is 0.254 e. The largest absolute Gasteiger partial charge is 0.383 e. The number of hydrogen-bond acceptors (Lipinski definition) is 4. The third kappa shape index (κ3) is 1.64. The highest BCUT2D eigenvalue weighted by Gasteiger charge is 2.28. The second kappa shape index (κ2) is 3.87. The number of nitrogens with two attached hydrogens (primary N) is 1. The number of benzene rings is 1. The van der Waals surface area contributed by atoms with E-state index in [4.69, 9.17) is 5.73 Å². The lowest BCUT2D eigenvalue weighted by molar-refractivity contribution is 0.738. The van der Waals surface area contributed by atoms with Crippen LogP contribution in [0.15, 0.2) is 35.1 Å². The molecule has 0 aliphatic carbocycles. The van der Waals surface area contributed by atoms with Gasteiger partial charge in [0.2, 0.25) is 5.95 Å². The molecule has 3 N–H and O–H groups in total. The monoisotopic (exact) mass is 242 g/mol. The van der Waals surface area contributed by atoms with Crippen molar-refractivity contribution in [3.8, 4) is 0 Å². The van der Waals surface area contributed by atoms with Crippen molar-refractivity contribution >= 4 is 17.5 Å². The Bertz CT molecular complexity index is 649. The first-order chi connectivity index (χ1) is 8.65. The lowest BCUT2D eigenvalue weighted by atomic mass is 10.1.